The van der Waals surface area contributed by atoms with Crippen LogP contribution in [0.1, 0.15) is 40.0 Å². The number of ether oxygens (including phenoxy) is 2. The van der Waals surface area contributed by atoms with Crippen LogP contribution in [-0.2, 0) is 14.3 Å². The van der Waals surface area contributed by atoms with E-state index < -0.39 is 0 Å². The van der Waals surface area contributed by atoms with Gasteiger partial charge >= 0.3 is 0 Å². The Balaban J connectivity index is 1.78. The van der Waals surface area contributed by atoms with Crippen LogP contribution in [0.3, 0.4) is 0 Å². The molecule has 0 spiro atoms. The van der Waals surface area contributed by atoms with Gasteiger partial charge in [0.15, 0.2) is 0 Å². The van der Waals surface area contributed by atoms with Crippen LogP contribution in [0.4, 0.5) is 0 Å². The third-order valence-corrected chi connectivity index (χ3v) is 4.64. The Bertz CT molecular complexity index is 354. The molecule has 5 nitrogen and oxygen atoms in total. The highest BCUT2D eigenvalue weighted by Crippen LogP contribution is 2.24. The molecule has 0 N–H and O–H groups in total. The molecule has 0 aliphatic carbocycles. The molecule has 2 rings (SSSR count). The van der Waals surface area contributed by atoms with Crippen LogP contribution in [0.5, 0.6) is 0 Å². The fraction of sp³-hybridized carbons (Fsp3) is 0.941. The van der Waals surface area contributed by atoms with Crippen LogP contribution in [0.25, 0.3) is 0 Å². The number of carbonyl (C=O) groups is 1. The Hall–Kier alpha value is -0.650. The highest BCUT2D eigenvalue weighted by Gasteiger charge is 2.29. The van der Waals surface area contributed by atoms with E-state index in [1.807, 2.05) is 11.8 Å². The minimum Gasteiger partial charge on any atom is -0.378 e. The molecule has 2 aliphatic heterocycles. The lowest BCUT2D eigenvalue weighted by atomic mass is 9.95. The summed E-state index contributed by atoms with van der Waals surface area (Å²) in [5, 5.41) is 0. The van der Waals surface area contributed by atoms with E-state index in [1.165, 1.54) is 0 Å². The van der Waals surface area contributed by atoms with Gasteiger partial charge in [0, 0.05) is 38.7 Å². The van der Waals surface area contributed by atoms with E-state index in [1.54, 1.807) is 0 Å². The summed E-state index contributed by atoms with van der Waals surface area (Å²) in [7, 11) is 2.11. The van der Waals surface area contributed by atoms with Crippen LogP contribution in [0.15, 0.2) is 0 Å². The summed E-state index contributed by atoms with van der Waals surface area (Å²) in [6.45, 7) is 10.6. The van der Waals surface area contributed by atoms with Gasteiger partial charge < -0.3 is 19.3 Å². The first-order valence-corrected chi connectivity index (χ1v) is 8.70. The number of carbonyl (C=O) groups excluding carboxylic acids is 1. The van der Waals surface area contributed by atoms with Crippen molar-refractivity contribution in [3.63, 3.8) is 0 Å². The molecule has 128 valence electrons. The normalized spacial score (nSPS) is 28.9. The molecule has 0 bridgehead atoms. The van der Waals surface area contributed by atoms with Gasteiger partial charge in [-0.2, -0.15) is 0 Å². The summed E-state index contributed by atoms with van der Waals surface area (Å²) >= 11 is 0. The first-order chi connectivity index (χ1) is 10.5. The fourth-order valence-electron chi connectivity index (χ4n) is 3.35. The maximum atomic E-state index is 12.6. The lowest BCUT2D eigenvalue weighted by Gasteiger charge is -2.36. The number of hydrogen-bond acceptors (Lipinski definition) is 4. The molecule has 2 aliphatic rings. The fourth-order valence-corrected chi connectivity index (χ4v) is 3.35. The predicted molar refractivity (Wildman–Crippen MR) is 86.8 cm³/mol. The molecule has 22 heavy (non-hydrogen) atoms. The molecule has 3 unspecified atom stereocenters. The topological polar surface area (TPSA) is 42.0 Å². The zero-order valence-corrected chi connectivity index (χ0v) is 14.6. The van der Waals surface area contributed by atoms with Crippen molar-refractivity contribution in [2.75, 3.05) is 39.8 Å². The van der Waals surface area contributed by atoms with Gasteiger partial charge in [-0.25, -0.2) is 0 Å². The minimum absolute atomic E-state index is 0.0335. The van der Waals surface area contributed by atoms with Crippen LogP contribution < -0.4 is 0 Å². The molecule has 1 amide bonds. The van der Waals surface area contributed by atoms with Gasteiger partial charge in [-0.15, -0.1) is 0 Å². The third kappa shape index (κ3) is 5.21. The van der Waals surface area contributed by atoms with Crippen molar-refractivity contribution < 1.29 is 14.3 Å². The maximum absolute atomic E-state index is 12.6. The number of nitrogens with zero attached hydrogens (tertiary/aromatic N) is 2. The van der Waals surface area contributed by atoms with Crippen LogP contribution >= 0.6 is 0 Å². The van der Waals surface area contributed by atoms with Crippen LogP contribution in [-0.4, -0.2) is 73.9 Å². The van der Waals surface area contributed by atoms with Crippen molar-refractivity contribution in [1.82, 2.24) is 9.80 Å². The monoisotopic (exact) mass is 312 g/mol. The number of piperazine rings is 1. The van der Waals surface area contributed by atoms with E-state index in [9.17, 15) is 4.79 Å². The van der Waals surface area contributed by atoms with Crippen molar-refractivity contribution in [3.05, 3.63) is 0 Å². The summed E-state index contributed by atoms with van der Waals surface area (Å²) in [5.41, 5.74) is 0. The average molecular weight is 312 g/mol. The Morgan fingerprint density at radius 2 is 1.91 bits per heavy atom. The zero-order chi connectivity index (χ0) is 16.1. The van der Waals surface area contributed by atoms with Gasteiger partial charge in [0.2, 0.25) is 5.91 Å². The Labute approximate surface area is 134 Å². The van der Waals surface area contributed by atoms with E-state index in [4.69, 9.17) is 9.47 Å². The molecule has 2 fully saturated rings. The number of rotatable bonds is 5. The zero-order valence-electron chi connectivity index (χ0n) is 14.6. The molecule has 0 aromatic rings. The van der Waals surface area contributed by atoms with E-state index >= 15 is 0 Å². The van der Waals surface area contributed by atoms with Crippen molar-refractivity contribution in [2.45, 2.75) is 58.3 Å². The highest BCUT2D eigenvalue weighted by atomic mass is 16.5. The molecular formula is C17H32N2O3. The molecule has 0 aromatic carbocycles. The molecule has 2 heterocycles. The summed E-state index contributed by atoms with van der Waals surface area (Å²) in [6, 6.07) is 0. The lowest BCUT2D eigenvalue weighted by molar-refractivity contribution is -0.140. The second-order valence-electron chi connectivity index (χ2n) is 7.09. The highest BCUT2D eigenvalue weighted by molar-refractivity contribution is 5.78. The summed E-state index contributed by atoms with van der Waals surface area (Å²) in [4.78, 5) is 16.8. The molecular weight excluding hydrogens is 280 g/mol. The van der Waals surface area contributed by atoms with Crippen molar-refractivity contribution in [1.29, 1.82) is 0 Å². The molecule has 0 saturated carbocycles. The van der Waals surface area contributed by atoms with Gasteiger partial charge in [-0.05, 0) is 40.2 Å². The standard InChI is InChI=1S/C17H32N2O3/c1-13(2)22-15-5-10-21-16(12-15)11-14(3)17(20)19-8-6-18(4)7-9-19/h13-16H,5-12H2,1-4H3. The number of hydrogen-bond donors (Lipinski definition) is 0. The van der Waals surface area contributed by atoms with E-state index in [-0.39, 0.29) is 30.1 Å². The summed E-state index contributed by atoms with van der Waals surface area (Å²) in [6.07, 6.45) is 3.39. The van der Waals surface area contributed by atoms with Crippen LogP contribution in [0, 0.1) is 5.92 Å². The smallest absolute Gasteiger partial charge is 0.225 e. The van der Waals surface area contributed by atoms with Crippen molar-refractivity contribution >= 4 is 5.91 Å². The Morgan fingerprint density at radius 3 is 2.55 bits per heavy atom. The maximum Gasteiger partial charge on any atom is 0.225 e. The summed E-state index contributed by atoms with van der Waals surface area (Å²) < 4.78 is 11.8. The van der Waals surface area contributed by atoms with Gasteiger partial charge in [0.05, 0.1) is 18.3 Å². The predicted octanol–water partition coefficient (Wildman–Crippen LogP) is 1.76. The van der Waals surface area contributed by atoms with E-state index in [0.29, 0.717) is 0 Å². The SMILES string of the molecule is CC(C)OC1CCOC(CC(C)C(=O)N2CCN(C)CC2)C1. The van der Waals surface area contributed by atoms with E-state index in [2.05, 4.69) is 25.8 Å². The Morgan fingerprint density at radius 1 is 1.23 bits per heavy atom. The number of likely N-dealkylation sites (N-methyl/N-ethyl adjacent to an activating group) is 1. The molecule has 3 atom stereocenters. The Kier molecular flexibility index (Phi) is 6.66. The molecule has 0 aromatic heterocycles. The first kappa shape index (κ1) is 17.7. The second kappa shape index (κ2) is 8.27. The van der Waals surface area contributed by atoms with Gasteiger partial charge in [0.1, 0.15) is 0 Å². The van der Waals surface area contributed by atoms with Gasteiger partial charge in [-0.1, -0.05) is 6.92 Å². The van der Waals surface area contributed by atoms with Gasteiger partial charge in [0.25, 0.3) is 0 Å². The van der Waals surface area contributed by atoms with Gasteiger partial charge in [-0.3, -0.25) is 4.79 Å². The second-order valence-corrected chi connectivity index (χ2v) is 7.09. The molecule has 5 heteroatoms. The van der Waals surface area contributed by atoms with Crippen molar-refractivity contribution in [2.24, 2.45) is 5.92 Å². The largest absolute Gasteiger partial charge is 0.378 e. The molecule has 0 radical (unpaired) electrons. The van der Waals surface area contributed by atoms with E-state index in [0.717, 1.165) is 52.0 Å². The quantitative estimate of drug-likeness (QED) is 0.776. The lowest BCUT2D eigenvalue weighted by Crippen LogP contribution is -2.49. The van der Waals surface area contributed by atoms with Crippen molar-refractivity contribution in [3.8, 4) is 0 Å². The first-order valence-electron chi connectivity index (χ1n) is 8.70. The minimum atomic E-state index is 0.0335. The molecule has 2 saturated heterocycles. The van der Waals surface area contributed by atoms with Crippen LogP contribution in [0.2, 0.25) is 0 Å². The summed E-state index contributed by atoms with van der Waals surface area (Å²) in [5.74, 6) is 0.315. The third-order valence-electron chi connectivity index (χ3n) is 4.64. The average Bonchev–Trinajstić information content (AvgIpc) is 2.47. The number of amides is 1.